The molecule has 0 amide bonds. The molecule has 0 aliphatic carbocycles. The molecule has 0 fully saturated rings. The van der Waals surface area contributed by atoms with Crippen LogP contribution in [0.4, 0.5) is 0 Å². The molecular formula is C13H16OSSi. The first-order valence-electron chi connectivity index (χ1n) is 5.44. The second-order valence-electron chi connectivity index (χ2n) is 5.13. The lowest BCUT2D eigenvalue weighted by Crippen LogP contribution is -2.40. The topological polar surface area (TPSA) is 17.1 Å². The lowest BCUT2D eigenvalue weighted by molar-refractivity contribution is 1.48. The van der Waals surface area contributed by atoms with E-state index < -0.39 is 8.07 Å². The van der Waals surface area contributed by atoms with E-state index in [1.807, 2.05) is 31.2 Å². The molecular weight excluding hydrogens is 232 g/mol. The van der Waals surface area contributed by atoms with Crippen molar-refractivity contribution in [3.05, 3.63) is 40.1 Å². The average molecular weight is 248 g/mol. The highest BCUT2D eigenvalue weighted by atomic mass is 32.1. The van der Waals surface area contributed by atoms with E-state index >= 15 is 0 Å². The molecule has 0 aliphatic rings. The van der Waals surface area contributed by atoms with Gasteiger partial charge in [-0.1, -0.05) is 31.8 Å². The van der Waals surface area contributed by atoms with Gasteiger partial charge in [-0.2, -0.15) is 0 Å². The molecule has 2 aromatic rings. The minimum Gasteiger partial charge on any atom is -0.289 e. The fourth-order valence-corrected chi connectivity index (χ4v) is 5.63. The molecule has 3 heteroatoms. The van der Waals surface area contributed by atoms with Crippen molar-refractivity contribution in [2.75, 3.05) is 0 Å². The van der Waals surface area contributed by atoms with Crippen molar-refractivity contribution in [1.82, 2.24) is 0 Å². The molecule has 16 heavy (non-hydrogen) atoms. The minimum absolute atomic E-state index is 0.215. The maximum Gasteiger partial charge on any atom is 0.190 e. The quantitative estimate of drug-likeness (QED) is 0.709. The van der Waals surface area contributed by atoms with Crippen LogP contribution >= 0.6 is 11.3 Å². The molecule has 0 saturated heterocycles. The zero-order valence-electron chi connectivity index (χ0n) is 10.1. The van der Waals surface area contributed by atoms with Gasteiger partial charge in [0.15, 0.2) is 5.43 Å². The van der Waals surface area contributed by atoms with E-state index in [9.17, 15) is 4.79 Å². The van der Waals surface area contributed by atoms with Crippen molar-refractivity contribution in [2.24, 2.45) is 0 Å². The van der Waals surface area contributed by atoms with Crippen LogP contribution in [0.1, 0.15) is 5.56 Å². The maximum atomic E-state index is 12.2. The molecule has 0 N–H and O–H groups in total. The maximum absolute atomic E-state index is 12.2. The first-order valence-corrected chi connectivity index (χ1v) is 9.76. The Labute approximate surface area is 101 Å². The summed E-state index contributed by atoms with van der Waals surface area (Å²) >= 11 is 1.80. The highest BCUT2D eigenvalue weighted by molar-refractivity contribution is 7.30. The van der Waals surface area contributed by atoms with E-state index in [4.69, 9.17) is 0 Å². The third kappa shape index (κ3) is 1.85. The first-order chi connectivity index (χ1) is 7.41. The van der Waals surface area contributed by atoms with Crippen LogP contribution in [0.25, 0.3) is 10.1 Å². The minimum atomic E-state index is -1.41. The molecule has 0 aliphatic heterocycles. The second-order valence-corrected chi connectivity index (χ2v) is 11.5. The van der Waals surface area contributed by atoms with Crippen LogP contribution in [-0.2, 0) is 0 Å². The van der Waals surface area contributed by atoms with Gasteiger partial charge in [-0.05, 0) is 23.6 Å². The van der Waals surface area contributed by atoms with E-state index in [1.165, 1.54) is 4.50 Å². The molecule has 1 nitrogen and oxygen atoms in total. The molecule has 0 bridgehead atoms. The zero-order chi connectivity index (χ0) is 11.9. The third-order valence-electron chi connectivity index (χ3n) is 2.71. The van der Waals surface area contributed by atoms with Crippen LogP contribution in [0.2, 0.25) is 19.6 Å². The summed E-state index contributed by atoms with van der Waals surface area (Å²) in [5.74, 6) is 0. The summed E-state index contributed by atoms with van der Waals surface area (Å²) in [4.78, 5) is 12.2. The Balaban J connectivity index is 2.90. The summed E-state index contributed by atoms with van der Waals surface area (Å²) in [5, 5.41) is 0.868. The van der Waals surface area contributed by atoms with Crippen molar-refractivity contribution < 1.29 is 0 Å². The van der Waals surface area contributed by atoms with Gasteiger partial charge >= 0.3 is 0 Å². The molecule has 0 atom stereocenters. The molecule has 1 aromatic heterocycles. The predicted octanol–water partition coefficient (Wildman–Crippen LogP) is 3.12. The number of rotatable bonds is 1. The monoisotopic (exact) mass is 248 g/mol. The van der Waals surface area contributed by atoms with Crippen LogP contribution in [0, 0.1) is 6.92 Å². The zero-order valence-corrected chi connectivity index (χ0v) is 11.9. The summed E-state index contributed by atoms with van der Waals surface area (Å²) in [7, 11) is -1.41. The predicted molar refractivity (Wildman–Crippen MR) is 75.8 cm³/mol. The molecule has 1 heterocycles. The Bertz CT molecular complexity index is 593. The summed E-state index contributed by atoms with van der Waals surface area (Å²) < 4.78 is 2.45. The summed E-state index contributed by atoms with van der Waals surface area (Å²) in [5.41, 5.74) is 1.18. The summed E-state index contributed by atoms with van der Waals surface area (Å²) in [6.45, 7) is 8.85. The van der Waals surface area contributed by atoms with Crippen molar-refractivity contribution in [3.63, 3.8) is 0 Å². The fourth-order valence-electron chi connectivity index (χ4n) is 1.95. The van der Waals surface area contributed by atoms with Gasteiger partial charge in [0, 0.05) is 15.6 Å². The van der Waals surface area contributed by atoms with Crippen molar-refractivity contribution in [3.8, 4) is 0 Å². The number of fused-ring (bicyclic) bond motifs is 1. The standard InChI is InChI=1S/C13H16OSSi/c1-9-12(14)10-7-5-6-8-11(10)15-13(9)16(2,3)4/h5-8H,1-4H3. The Morgan fingerprint density at radius 3 is 2.38 bits per heavy atom. The van der Waals surface area contributed by atoms with Crippen molar-refractivity contribution >= 4 is 34.0 Å². The Morgan fingerprint density at radius 2 is 1.75 bits per heavy atom. The van der Waals surface area contributed by atoms with Crippen molar-refractivity contribution in [2.45, 2.75) is 26.6 Å². The molecule has 0 saturated carbocycles. The van der Waals surface area contributed by atoms with E-state index in [-0.39, 0.29) is 5.43 Å². The highest BCUT2D eigenvalue weighted by Gasteiger charge is 2.22. The van der Waals surface area contributed by atoms with Gasteiger partial charge in [-0.25, -0.2) is 0 Å². The summed E-state index contributed by atoms with van der Waals surface area (Å²) in [6, 6.07) is 7.91. The normalized spacial score (nSPS) is 12.0. The highest BCUT2D eigenvalue weighted by Crippen LogP contribution is 2.18. The van der Waals surface area contributed by atoms with Gasteiger partial charge in [0.1, 0.15) is 0 Å². The number of hydrogen-bond acceptors (Lipinski definition) is 2. The van der Waals surface area contributed by atoms with Gasteiger partial charge in [-0.3, -0.25) is 4.79 Å². The van der Waals surface area contributed by atoms with Gasteiger partial charge in [-0.15, -0.1) is 11.3 Å². The molecule has 1 aromatic carbocycles. The van der Waals surface area contributed by atoms with Gasteiger partial charge < -0.3 is 0 Å². The molecule has 2 rings (SSSR count). The largest absolute Gasteiger partial charge is 0.289 e. The van der Waals surface area contributed by atoms with Crippen molar-refractivity contribution in [1.29, 1.82) is 0 Å². The van der Waals surface area contributed by atoms with Gasteiger partial charge in [0.25, 0.3) is 0 Å². The Morgan fingerprint density at radius 1 is 1.12 bits per heavy atom. The number of benzene rings is 1. The van der Waals surface area contributed by atoms with Crippen LogP contribution < -0.4 is 9.93 Å². The Kier molecular flexibility index (Phi) is 2.76. The fraction of sp³-hybridized carbons (Fsp3) is 0.308. The average Bonchev–Trinajstić information content (AvgIpc) is 2.22. The summed E-state index contributed by atoms with van der Waals surface area (Å²) in [6.07, 6.45) is 0. The molecule has 0 unspecified atom stereocenters. The molecule has 0 radical (unpaired) electrons. The van der Waals surface area contributed by atoms with Crippen LogP contribution in [-0.4, -0.2) is 8.07 Å². The lowest BCUT2D eigenvalue weighted by atomic mass is 10.2. The van der Waals surface area contributed by atoms with Crippen LogP contribution in [0.3, 0.4) is 0 Å². The van der Waals surface area contributed by atoms with E-state index in [0.29, 0.717) is 0 Å². The van der Waals surface area contributed by atoms with Gasteiger partial charge in [0.2, 0.25) is 0 Å². The SMILES string of the molecule is Cc1c([Si](C)(C)C)sc2ccccc2c1=O. The van der Waals surface area contributed by atoms with E-state index in [1.54, 1.807) is 11.3 Å². The number of hydrogen-bond donors (Lipinski definition) is 0. The van der Waals surface area contributed by atoms with E-state index in [2.05, 4.69) is 19.6 Å². The smallest absolute Gasteiger partial charge is 0.190 e. The molecule has 0 spiro atoms. The lowest BCUT2D eigenvalue weighted by Gasteiger charge is -2.18. The van der Waals surface area contributed by atoms with Crippen LogP contribution in [0.5, 0.6) is 0 Å². The van der Waals surface area contributed by atoms with E-state index in [0.717, 1.165) is 15.6 Å². The Hall–Kier alpha value is -0.933. The molecule has 84 valence electrons. The third-order valence-corrected chi connectivity index (χ3v) is 7.67. The van der Waals surface area contributed by atoms with Crippen LogP contribution in [0.15, 0.2) is 29.1 Å². The first kappa shape index (κ1) is 11.5. The second kappa shape index (κ2) is 3.82. The van der Waals surface area contributed by atoms with Gasteiger partial charge in [0.05, 0.1) is 8.07 Å².